The van der Waals surface area contributed by atoms with Crippen LogP contribution in [0, 0.1) is 13.8 Å². The predicted octanol–water partition coefficient (Wildman–Crippen LogP) is 4.45. The molecule has 0 unspecified atom stereocenters. The maximum absolute atomic E-state index is 13.3. The van der Waals surface area contributed by atoms with Gasteiger partial charge in [-0.25, -0.2) is 8.42 Å². The molecule has 2 amide bonds. The van der Waals surface area contributed by atoms with Crippen molar-refractivity contribution in [2.24, 2.45) is 0 Å². The zero-order valence-electron chi connectivity index (χ0n) is 21.2. The summed E-state index contributed by atoms with van der Waals surface area (Å²) in [4.78, 5) is 27.6. The van der Waals surface area contributed by atoms with Gasteiger partial charge >= 0.3 is 0 Å². The van der Waals surface area contributed by atoms with Crippen LogP contribution in [0.3, 0.4) is 0 Å². The molecule has 7 nitrogen and oxygen atoms in total. The fourth-order valence-electron chi connectivity index (χ4n) is 3.88. The maximum Gasteiger partial charge on any atom is 0.242 e. The van der Waals surface area contributed by atoms with E-state index in [1.165, 1.54) is 10.6 Å². The molecule has 0 aliphatic rings. The smallest absolute Gasteiger partial charge is 0.242 e. The van der Waals surface area contributed by atoms with E-state index in [1.54, 1.807) is 23.1 Å². The van der Waals surface area contributed by atoms with Gasteiger partial charge in [0.1, 0.15) is 6.04 Å². The minimum absolute atomic E-state index is 0.111. The number of hydrogen-bond donors (Lipinski definition) is 1. The Hall–Kier alpha value is -2.58. The number of carbonyl (C=O) groups is 2. The van der Waals surface area contributed by atoms with E-state index in [0.717, 1.165) is 16.7 Å². The number of benzene rings is 2. The van der Waals surface area contributed by atoms with Crippen LogP contribution in [0.25, 0.3) is 0 Å². The highest BCUT2D eigenvalue weighted by Crippen LogP contribution is 2.22. The summed E-state index contributed by atoms with van der Waals surface area (Å²) in [6.45, 7) is 8.51. The molecule has 35 heavy (non-hydrogen) atoms. The first kappa shape index (κ1) is 28.7. The molecule has 0 spiro atoms. The minimum atomic E-state index is -3.53. The molecule has 1 atom stereocenters. The lowest BCUT2D eigenvalue weighted by atomic mass is 10.1. The lowest BCUT2D eigenvalue weighted by molar-refractivity contribution is -0.141. The summed E-state index contributed by atoms with van der Waals surface area (Å²) in [5, 5.41) is 3.40. The molecule has 2 aromatic rings. The van der Waals surface area contributed by atoms with Gasteiger partial charge in [0.2, 0.25) is 21.8 Å². The number of amides is 2. The molecule has 192 valence electrons. The molecular formula is C26H36ClN3O4S. The summed E-state index contributed by atoms with van der Waals surface area (Å²) in [6.07, 6.45) is 2.06. The van der Waals surface area contributed by atoms with Crippen LogP contribution in [0.4, 0.5) is 5.69 Å². The summed E-state index contributed by atoms with van der Waals surface area (Å²) < 4.78 is 26.3. The van der Waals surface area contributed by atoms with Gasteiger partial charge in [-0.3, -0.25) is 13.9 Å². The average molecular weight is 522 g/mol. The molecule has 0 saturated heterocycles. The van der Waals surface area contributed by atoms with Crippen LogP contribution in [-0.2, 0) is 26.2 Å². The monoisotopic (exact) mass is 521 g/mol. The molecule has 0 aliphatic heterocycles. The van der Waals surface area contributed by atoms with Gasteiger partial charge in [-0.2, -0.15) is 0 Å². The largest absolute Gasteiger partial charge is 0.355 e. The summed E-state index contributed by atoms with van der Waals surface area (Å²) in [6, 6.07) is 12.0. The molecule has 2 rings (SSSR count). The number of halogens is 1. The van der Waals surface area contributed by atoms with Crippen LogP contribution in [0.15, 0.2) is 42.5 Å². The Kier molecular flexibility index (Phi) is 10.6. The average Bonchev–Trinajstić information content (AvgIpc) is 2.79. The van der Waals surface area contributed by atoms with Gasteiger partial charge in [0, 0.05) is 31.1 Å². The third-order valence-electron chi connectivity index (χ3n) is 5.93. The van der Waals surface area contributed by atoms with E-state index in [-0.39, 0.29) is 31.3 Å². The standard InChI is InChI=1S/C26H36ClN3O4S/c1-6-24(26(32)28-7-2)29(18-21-11-13-22(27)14-12-21)25(31)9-8-16-30(35(5,33)34)23-15-10-19(3)20(4)17-23/h10-15,17,24H,6-9,16,18H2,1-5H3,(H,28,32)/t24-/m0/s1. The maximum atomic E-state index is 13.3. The molecule has 1 N–H and O–H groups in total. The van der Waals surface area contributed by atoms with Crippen molar-refractivity contribution < 1.29 is 18.0 Å². The van der Waals surface area contributed by atoms with Crippen molar-refractivity contribution in [1.82, 2.24) is 10.2 Å². The number of aryl methyl sites for hydroxylation is 2. The lowest BCUT2D eigenvalue weighted by Gasteiger charge is -2.31. The minimum Gasteiger partial charge on any atom is -0.355 e. The van der Waals surface area contributed by atoms with Gasteiger partial charge in [0.25, 0.3) is 0 Å². The quantitative estimate of drug-likeness (QED) is 0.447. The Morgan fingerprint density at radius 3 is 2.23 bits per heavy atom. The highest BCUT2D eigenvalue weighted by Gasteiger charge is 2.28. The van der Waals surface area contributed by atoms with E-state index >= 15 is 0 Å². The number of sulfonamides is 1. The first-order valence-corrected chi connectivity index (χ1v) is 14.1. The molecule has 0 bridgehead atoms. The van der Waals surface area contributed by atoms with Gasteiger partial charge in [0.15, 0.2) is 0 Å². The Labute approximate surface area is 214 Å². The Morgan fingerprint density at radius 1 is 1.03 bits per heavy atom. The molecule has 2 aromatic carbocycles. The zero-order valence-corrected chi connectivity index (χ0v) is 22.7. The number of likely N-dealkylation sites (N-methyl/N-ethyl adjacent to an activating group) is 1. The molecule has 0 heterocycles. The van der Waals surface area contributed by atoms with Crippen molar-refractivity contribution >= 4 is 39.1 Å². The van der Waals surface area contributed by atoms with E-state index in [2.05, 4.69) is 5.32 Å². The molecule has 0 radical (unpaired) electrons. The van der Waals surface area contributed by atoms with Crippen LogP contribution in [-0.4, -0.2) is 50.5 Å². The van der Waals surface area contributed by atoms with Gasteiger partial charge in [-0.1, -0.05) is 36.7 Å². The lowest BCUT2D eigenvalue weighted by Crippen LogP contribution is -2.49. The van der Waals surface area contributed by atoms with Crippen LogP contribution in [0.1, 0.15) is 49.8 Å². The van der Waals surface area contributed by atoms with Crippen molar-refractivity contribution in [3.8, 4) is 0 Å². The Bertz CT molecular complexity index is 1120. The number of anilines is 1. The first-order valence-electron chi connectivity index (χ1n) is 11.8. The van der Waals surface area contributed by atoms with Crippen molar-refractivity contribution in [2.75, 3.05) is 23.7 Å². The topological polar surface area (TPSA) is 86.8 Å². The van der Waals surface area contributed by atoms with Gasteiger partial charge in [-0.15, -0.1) is 0 Å². The van der Waals surface area contributed by atoms with Crippen LogP contribution in [0.5, 0.6) is 0 Å². The highest BCUT2D eigenvalue weighted by molar-refractivity contribution is 7.92. The number of hydrogen-bond acceptors (Lipinski definition) is 4. The zero-order chi connectivity index (χ0) is 26.2. The van der Waals surface area contributed by atoms with Crippen molar-refractivity contribution in [2.45, 2.75) is 59.5 Å². The van der Waals surface area contributed by atoms with Gasteiger partial charge in [0.05, 0.1) is 11.9 Å². The van der Waals surface area contributed by atoms with E-state index in [4.69, 9.17) is 11.6 Å². The number of nitrogens with zero attached hydrogens (tertiary/aromatic N) is 2. The molecule has 0 fully saturated rings. The Balaban J connectivity index is 2.21. The number of nitrogens with one attached hydrogen (secondary N) is 1. The molecular weight excluding hydrogens is 486 g/mol. The van der Waals surface area contributed by atoms with Crippen LogP contribution < -0.4 is 9.62 Å². The second-order valence-electron chi connectivity index (χ2n) is 8.67. The van der Waals surface area contributed by atoms with Crippen molar-refractivity contribution in [3.05, 3.63) is 64.2 Å². The fraction of sp³-hybridized carbons (Fsp3) is 0.462. The third kappa shape index (κ3) is 8.25. The van der Waals surface area contributed by atoms with Crippen LogP contribution >= 0.6 is 11.6 Å². The first-order chi connectivity index (χ1) is 16.5. The second kappa shape index (κ2) is 12.9. The summed E-state index contributed by atoms with van der Waals surface area (Å²) in [5.41, 5.74) is 3.51. The van der Waals surface area contributed by atoms with Crippen molar-refractivity contribution in [3.63, 3.8) is 0 Å². The molecule has 9 heteroatoms. The Morgan fingerprint density at radius 2 is 1.69 bits per heavy atom. The highest BCUT2D eigenvalue weighted by atomic mass is 35.5. The number of rotatable bonds is 12. The summed E-state index contributed by atoms with van der Waals surface area (Å²) in [7, 11) is -3.53. The van der Waals surface area contributed by atoms with Gasteiger partial charge < -0.3 is 10.2 Å². The third-order valence-corrected chi connectivity index (χ3v) is 7.38. The molecule has 0 aromatic heterocycles. The van der Waals surface area contributed by atoms with E-state index in [9.17, 15) is 18.0 Å². The van der Waals surface area contributed by atoms with Crippen LogP contribution in [0.2, 0.25) is 5.02 Å². The van der Waals surface area contributed by atoms with E-state index in [0.29, 0.717) is 30.1 Å². The molecule has 0 saturated carbocycles. The predicted molar refractivity (Wildman–Crippen MR) is 142 cm³/mol. The van der Waals surface area contributed by atoms with E-state index in [1.807, 2.05) is 52.0 Å². The summed E-state index contributed by atoms with van der Waals surface area (Å²) in [5.74, 6) is -0.406. The van der Waals surface area contributed by atoms with Crippen molar-refractivity contribution in [1.29, 1.82) is 0 Å². The SMILES string of the molecule is CCNC(=O)[C@H](CC)N(Cc1ccc(Cl)cc1)C(=O)CCCN(c1ccc(C)c(C)c1)S(C)(=O)=O. The molecule has 0 aliphatic carbocycles. The normalized spacial score (nSPS) is 12.2. The van der Waals surface area contributed by atoms with Gasteiger partial charge in [-0.05, 0) is 74.6 Å². The second-order valence-corrected chi connectivity index (χ2v) is 11.0. The van der Waals surface area contributed by atoms with E-state index < -0.39 is 16.1 Å². The summed E-state index contributed by atoms with van der Waals surface area (Å²) >= 11 is 6.00. The fourth-order valence-corrected chi connectivity index (χ4v) is 4.97. The number of carbonyl (C=O) groups excluding carboxylic acids is 2.